The number of aromatic nitrogens is 8. The molecule has 0 aliphatic rings. The van der Waals surface area contributed by atoms with E-state index in [-0.39, 0.29) is 0 Å². The number of pyridine rings is 1. The number of fused-ring (bicyclic) bond motifs is 6. The van der Waals surface area contributed by atoms with Crippen LogP contribution in [0.4, 0.5) is 0 Å². The molecule has 5 aromatic heterocycles. The monoisotopic (exact) mass is 642 g/mol. The summed E-state index contributed by atoms with van der Waals surface area (Å²) in [5, 5.41) is 1.05. The molecule has 0 saturated heterocycles. The van der Waals surface area contributed by atoms with Gasteiger partial charge in [0.25, 0.3) is 0 Å². The molecular formula is C42H26N8. The number of nitrogens with zero attached hydrogens (tertiary/aromatic N) is 8. The molecular weight excluding hydrogens is 617 g/mol. The predicted molar refractivity (Wildman–Crippen MR) is 198 cm³/mol. The maximum atomic E-state index is 5.37. The topological polar surface area (TPSA) is 87.2 Å². The SMILES string of the molecule is c1ccc(-c2nc(-c3ccccc3)nc(-c3ccc(-n4c5cccnc5c5nc6c7ccccc7n(-c7ccccc7)c6nc54)cc3)n2)cc1. The van der Waals surface area contributed by atoms with E-state index in [0.29, 0.717) is 17.5 Å². The molecule has 0 bridgehead atoms. The maximum absolute atomic E-state index is 5.37. The summed E-state index contributed by atoms with van der Waals surface area (Å²) in [6.07, 6.45) is 1.81. The molecule has 5 heterocycles. The minimum atomic E-state index is 0.599. The molecule has 5 aromatic carbocycles. The zero-order chi connectivity index (χ0) is 33.0. The maximum Gasteiger partial charge on any atom is 0.168 e. The molecule has 8 heteroatoms. The zero-order valence-corrected chi connectivity index (χ0v) is 26.6. The lowest BCUT2D eigenvalue weighted by Crippen LogP contribution is -2.01. The van der Waals surface area contributed by atoms with E-state index in [1.807, 2.05) is 97.2 Å². The standard InChI is InChI=1S/C42H26N8/c1-4-13-27(14-5-1)38-45-39(28-15-6-2-7-16-28)47-40(46-38)29-22-24-31(25-23-29)50-34-21-12-26-43-36(34)37-42(50)48-41-35(44-37)32-19-10-11-20-33(32)49(41)30-17-8-3-9-18-30/h1-26H. The second kappa shape index (κ2) is 11.3. The lowest BCUT2D eigenvalue weighted by molar-refractivity contribution is 1.07. The van der Waals surface area contributed by atoms with E-state index < -0.39 is 0 Å². The van der Waals surface area contributed by atoms with Crippen molar-refractivity contribution in [2.24, 2.45) is 0 Å². The van der Waals surface area contributed by atoms with E-state index in [1.165, 1.54) is 0 Å². The fourth-order valence-corrected chi connectivity index (χ4v) is 6.72. The predicted octanol–water partition coefficient (Wildman–Crippen LogP) is 9.25. The first-order valence-electron chi connectivity index (χ1n) is 16.4. The van der Waals surface area contributed by atoms with Crippen molar-refractivity contribution in [1.82, 2.24) is 39.0 Å². The first-order chi connectivity index (χ1) is 24.8. The molecule has 0 spiro atoms. The largest absolute Gasteiger partial charge is 0.292 e. The summed E-state index contributed by atoms with van der Waals surface area (Å²) in [5.41, 5.74) is 10.6. The third kappa shape index (κ3) is 4.47. The van der Waals surface area contributed by atoms with Crippen LogP contribution in [0.5, 0.6) is 0 Å². The third-order valence-electron chi connectivity index (χ3n) is 9.03. The fourth-order valence-electron chi connectivity index (χ4n) is 6.72. The van der Waals surface area contributed by atoms with Crippen LogP contribution in [0.25, 0.3) is 89.8 Å². The Morgan fingerprint density at radius 3 is 1.50 bits per heavy atom. The summed E-state index contributed by atoms with van der Waals surface area (Å²) in [4.78, 5) is 30.1. The van der Waals surface area contributed by atoms with Crippen LogP contribution in [0, 0.1) is 0 Å². The van der Waals surface area contributed by atoms with Gasteiger partial charge in [-0.15, -0.1) is 0 Å². The molecule has 0 unspecified atom stereocenters. The van der Waals surface area contributed by atoms with Gasteiger partial charge in [0, 0.05) is 39.6 Å². The summed E-state index contributed by atoms with van der Waals surface area (Å²) in [7, 11) is 0. The highest BCUT2D eigenvalue weighted by Gasteiger charge is 2.22. The van der Waals surface area contributed by atoms with E-state index in [4.69, 9.17) is 29.9 Å². The second-order valence-electron chi connectivity index (χ2n) is 12.0. The Morgan fingerprint density at radius 2 is 0.840 bits per heavy atom. The molecule has 50 heavy (non-hydrogen) atoms. The Morgan fingerprint density at radius 1 is 0.340 bits per heavy atom. The van der Waals surface area contributed by atoms with Crippen LogP contribution in [0.15, 0.2) is 158 Å². The number of hydrogen-bond acceptors (Lipinski definition) is 6. The molecule has 0 atom stereocenters. The first-order valence-corrected chi connectivity index (χ1v) is 16.4. The van der Waals surface area contributed by atoms with Crippen molar-refractivity contribution in [1.29, 1.82) is 0 Å². The van der Waals surface area contributed by atoms with Gasteiger partial charge in [0.2, 0.25) is 0 Å². The van der Waals surface area contributed by atoms with Crippen LogP contribution in [0.2, 0.25) is 0 Å². The van der Waals surface area contributed by atoms with Gasteiger partial charge in [0.05, 0.1) is 11.0 Å². The Labute approximate surface area is 286 Å². The van der Waals surface area contributed by atoms with Crippen molar-refractivity contribution >= 4 is 44.3 Å². The van der Waals surface area contributed by atoms with E-state index in [2.05, 4.69) is 69.8 Å². The molecule has 0 aliphatic carbocycles. The third-order valence-corrected chi connectivity index (χ3v) is 9.03. The smallest absolute Gasteiger partial charge is 0.168 e. The summed E-state index contributed by atoms with van der Waals surface area (Å²) in [5.74, 6) is 1.85. The molecule has 0 amide bonds. The van der Waals surface area contributed by atoms with Crippen LogP contribution in [-0.2, 0) is 0 Å². The van der Waals surface area contributed by atoms with Gasteiger partial charge in [0.15, 0.2) is 28.8 Å². The summed E-state index contributed by atoms with van der Waals surface area (Å²) >= 11 is 0. The van der Waals surface area contributed by atoms with E-state index in [0.717, 1.165) is 72.3 Å². The van der Waals surface area contributed by atoms with Crippen LogP contribution in [0.1, 0.15) is 0 Å². The highest BCUT2D eigenvalue weighted by Crippen LogP contribution is 2.35. The van der Waals surface area contributed by atoms with Crippen LogP contribution >= 0.6 is 0 Å². The molecule has 0 N–H and O–H groups in total. The average Bonchev–Trinajstić information content (AvgIpc) is 3.70. The molecule has 0 aliphatic heterocycles. The van der Waals surface area contributed by atoms with Crippen molar-refractivity contribution in [3.05, 3.63) is 158 Å². The summed E-state index contributed by atoms with van der Waals surface area (Å²) < 4.78 is 4.32. The number of para-hydroxylation sites is 2. The lowest BCUT2D eigenvalue weighted by Gasteiger charge is -2.10. The number of hydrogen-bond donors (Lipinski definition) is 0. The molecule has 10 rings (SSSR count). The molecule has 0 radical (unpaired) electrons. The van der Waals surface area contributed by atoms with Gasteiger partial charge in [-0.05, 0) is 54.6 Å². The fraction of sp³-hybridized carbons (Fsp3) is 0. The molecule has 0 fully saturated rings. The normalized spacial score (nSPS) is 11.6. The van der Waals surface area contributed by atoms with Crippen molar-refractivity contribution < 1.29 is 0 Å². The van der Waals surface area contributed by atoms with E-state index in [9.17, 15) is 0 Å². The van der Waals surface area contributed by atoms with Crippen LogP contribution in [0.3, 0.4) is 0 Å². The Kier molecular flexibility index (Phi) is 6.32. The lowest BCUT2D eigenvalue weighted by atomic mass is 10.1. The Balaban J connectivity index is 1.17. The van der Waals surface area contributed by atoms with Gasteiger partial charge in [0.1, 0.15) is 16.6 Å². The van der Waals surface area contributed by atoms with Crippen molar-refractivity contribution in [3.8, 4) is 45.5 Å². The van der Waals surface area contributed by atoms with Crippen molar-refractivity contribution in [2.75, 3.05) is 0 Å². The van der Waals surface area contributed by atoms with Crippen LogP contribution in [-0.4, -0.2) is 39.0 Å². The first kappa shape index (κ1) is 28.0. The average molecular weight is 643 g/mol. The van der Waals surface area contributed by atoms with Gasteiger partial charge >= 0.3 is 0 Å². The van der Waals surface area contributed by atoms with Gasteiger partial charge in [-0.2, -0.15) is 0 Å². The Bertz CT molecular complexity index is 2790. The number of benzene rings is 5. The van der Waals surface area contributed by atoms with Crippen molar-refractivity contribution in [3.63, 3.8) is 0 Å². The van der Waals surface area contributed by atoms with Gasteiger partial charge in [-0.1, -0.05) is 97.1 Å². The molecule has 0 saturated carbocycles. The summed E-state index contributed by atoms with van der Waals surface area (Å²) in [6.45, 7) is 0. The van der Waals surface area contributed by atoms with Crippen molar-refractivity contribution in [2.45, 2.75) is 0 Å². The van der Waals surface area contributed by atoms with E-state index in [1.54, 1.807) is 0 Å². The molecule has 8 nitrogen and oxygen atoms in total. The highest BCUT2D eigenvalue weighted by atomic mass is 15.1. The second-order valence-corrected chi connectivity index (χ2v) is 12.0. The van der Waals surface area contributed by atoms with Gasteiger partial charge < -0.3 is 0 Å². The quantitative estimate of drug-likeness (QED) is 0.186. The minimum Gasteiger partial charge on any atom is -0.292 e. The van der Waals surface area contributed by atoms with E-state index >= 15 is 0 Å². The van der Waals surface area contributed by atoms with Gasteiger partial charge in [-0.3, -0.25) is 14.1 Å². The molecule has 10 aromatic rings. The highest BCUT2D eigenvalue weighted by molar-refractivity contribution is 6.11. The van der Waals surface area contributed by atoms with Crippen LogP contribution < -0.4 is 0 Å². The zero-order valence-electron chi connectivity index (χ0n) is 26.6. The van der Waals surface area contributed by atoms with Gasteiger partial charge in [-0.25, -0.2) is 24.9 Å². The summed E-state index contributed by atoms with van der Waals surface area (Å²) in [6, 6.07) is 50.9. The number of rotatable bonds is 5. The Hall–Kier alpha value is -7.06. The minimum absolute atomic E-state index is 0.599. The molecule has 234 valence electrons.